The van der Waals surface area contributed by atoms with Gasteiger partial charge in [0.1, 0.15) is 5.69 Å². The van der Waals surface area contributed by atoms with Gasteiger partial charge in [0.25, 0.3) is 5.56 Å². The number of anilines is 3. The largest absolute Gasteiger partial charge is 0.419 e. The Hall–Kier alpha value is -3.42. The molecule has 0 aromatic carbocycles. The minimum atomic E-state index is -4.48. The van der Waals surface area contributed by atoms with Crippen LogP contribution in [0.4, 0.5) is 30.5 Å². The van der Waals surface area contributed by atoms with E-state index in [1.54, 1.807) is 16.0 Å². The number of likely N-dealkylation sites (N-methyl/N-ethyl adjacent to an activating group) is 1. The van der Waals surface area contributed by atoms with Gasteiger partial charge in [0.05, 0.1) is 37.1 Å². The molecule has 0 aliphatic carbocycles. The summed E-state index contributed by atoms with van der Waals surface area (Å²) in [7, 11) is 1.86. The number of alkyl halides is 3. The Morgan fingerprint density at radius 3 is 2.46 bits per heavy atom. The van der Waals surface area contributed by atoms with Crippen LogP contribution in [-0.2, 0) is 15.7 Å². The summed E-state index contributed by atoms with van der Waals surface area (Å²) in [5, 5.41) is 6.34. The molecule has 4 heterocycles. The Morgan fingerprint density at radius 1 is 1.06 bits per heavy atom. The fourth-order valence-corrected chi connectivity index (χ4v) is 4.10. The first-order valence-corrected chi connectivity index (χ1v) is 11.3. The summed E-state index contributed by atoms with van der Waals surface area (Å²) in [4.78, 5) is 39.6. The molecule has 11 nitrogen and oxygen atoms in total. The van der Waals surface area contributed by atoms with Gasteiger partial charge >= 0.3 is 6.18 Å². The lowest BCUT2D eigenvalue weighted by molar-refractivity contribution is -0.138. The number of piperazine rings is 1. The molecular weight excluding hydrogens is 469 g/mol. The van der Waals surface area contributed by atoms with E-state index in [1.807, 2.05) is 16.8 Å². The molecule has 1 amide bonds. The van der Waals surface area contributed by atoms with E-state index >= 15 is 0 Å². The molecule has 0 spiro atoms. The number of carbonyl (C=O) groups is 1. The number of nitrogens with zero attached hydrogens (tertiary/aromatic N) is 7. The summed E-state index contributed by atoms with van der Waals surface area (Å²) in [6.07, 6.45) is -1.07. The van der Waals surface area contributed by atoms with Crippen LogP contribution in [0.5, 0.6) is 0 Å². The topological polar surface area (TPSA) is 111 Å². The summed E-state index contributed by atoms with van der Waals surface area (Å²) in [5.74, 6) is 0.176. The Bertz CT molecular complexity index is 1070. The smallest absolute Gasteiger partial charge is 0.379 e. The highest BCUT2D eigenvalue weighted by Crippen LogP contribution is 2.29. The van der Waals surface area contributed by atoms with E-state index in [9.17, 15) is 22.8 Å². The molecule has 2 aliphatic rings. The van der Waals surface area contributed by atoms with Crippen molar-refractivity contribution in [2.75, 3.05) is 80.8 Å². The average molecular weight is 496 g/mol. The fraction of sp³-hybridized carbons (Fsp3) is 0.571. The quantitative estimate of drug-likeness (QED) is 0.551. The first kappa shape index (κ1) is 24.7. The third-order valence-corrected chi connectivity index (χ3v) is 6.08. The van der Waals surface area contributed by atoms with Crippen molar-refractivity contribution in [3.63, 3.8) is 0 Å². The van der Waals surface area contributed by atoms with E-state index in [4.69, 9.17) is 4.74 Å². The lowest BCUT2D eigenvalue weighted by atomic mass is 10.2. The van der Waals surface area contributed by atoms with E-state index in [-0.39, 0.29) is 30.4 Å². The maximum atomic E-state index is 12.7. The van der Waals surface area contributed by atoms with Gasteiger partial charge in [0, 0.05) is 65.3 Å². The highest BCUT2D eigenvalue weighted by atomic mass is 19.4. The number of H-pyrrole nitrogens is 1. The van der Waals surface area contributed by atoms with Gasteiger partial charge in [-0.15, -0.1) is 0 Å². The molecule has 0 atom stereocenters. The minimum Gasteiger partial charge on any atom is -0.379 e. The monoisotopic (exact) mass is 496 g/mol. The van der Waals surface area contributed by atoms with E-state index in [1.165, 1.54) is 0 Å². The van der Waals surface area contributed by atoms with Crippen LogP contribution >= 0.6 is 0 Å². The highest BCUT2D eigenvalue weighted by molar-refractivity contribution is 5.76. The Morgan fingerprint density at radius 2 is 1.77 bits per heavy atom. The molecule has 190 valence electrons. The minimum absolute atomic E-state index is 0.0429. The molecule has 2 aromatic heterocycles. The standard InChI is InChI=1S/C21H27F3N8O3/c1-29-3-4-30(16-14-27-28-19(34)18(16)29)9-11-35-10-2-17(33)31-5-7-32(8-6-31)20-25-12-15(13-26-20)21(22,23)24/h12-14H,2-11H2,1H3,(H,28,34). The molecule has 14 heteroatoms. The number of fused-ring (bicyclic) bond motifs is 1. The van der Waals surface area contributed by atoms with Crippen molar-refractivity contribution in [3.8, 4) is 0 Å². The van der Waals surface area contributed by atoms with Crippen LogP contribution in [0.3, 0.4) is 0 Å². The van der Waals surface area contributed by atoms with E-state index in [2.05, 4.69) is 20.2 Å². The number of amides is 1. The van der Waals surface area contributed by atoms with Crippen LogP contribution in [0.15, 0.2) is 23.4 Å². The summed E-state index contributed by atoms with van der Waals surface area (Å²) in [6.45, 7) is 4.45. The van der Waals surface area contributed by atoms with E-state index in [0.29, 0.717) is 51.6 Å². The van der Waals surface area contributed by atoms with Crippen molar-refractivity contribution >= 4 is 23.2 Å². The van der Waals surface area contributed by atoms with Crippen molar-refractivity contribution in [2.24, 2.45) is 0 Å². The summed E-state index contributed by atoms with van der Waals surface area (Å²) >= 11 is 0. The molecule has 0 unspecified atom stereocenters. The molecule has 0 saturated carbocycles. The van der Waals surface area contributed by atoms with Crippen molar-refractivity contribution in [1.82, 2.24) is 25.1 Å². The predicted octanol–water partition coefficient (Wildman–Crippen LogP) is 0.590. The van der Waals surface area contributed by atoms with Crippen molar-refractivity contribution < 1.29 is 22.7 Å². The molecule has 1 fully saturated rings. The summed E-state index contributed by atoms with van der Waals surface area (Å²) in [6, 6.07) is 0. The van der Waals surface area contributed by atoms with Crippen LogP contribution in [0, 0.1) is 0 Å². The SMILES string of the molecule is CN1CCN(CCOCCC(=O)N2CCN(c3ncc(C(F)(F)F)cn3)CC2)c2cn[nH]c(=O)c21. The van der Waals surface area contributed by atoms with Crippen molar-refractivity contribution in [1.29, 1.82) is 0 Å². The Kier molecular flexibility index (Phi) is 7.38. The second-order valence-electron chi connectivity index (χ2n) is 8.34. The van der Waals surface area contributed by atoms with Gasteiger partial charge in [0.2, 0.25) is 11.9 Å². The van der Waals surface area contributed by atoms with Crippen LogP contribution < -0.4 is 20.3 Å². The van der Waals surface area contributed by atoms with Gasteiger partial charge in [0.15, 0.2) is 0 Å². The maximum Gasteiger partial charge on any atom is 0.419 e. The number of aromatic amines is 1. The molecule has 0 radical (unpaired) electrons. The number of carbonyl (C=O) groups excluding carboxylic acids is 1. The lowest BCUT2D eigenvalue weighted by Crippen LogP contribution is -2.49. The van der Waals surface area contributed by atoms with Gasteiger partial charge < -0.3 is 24.3 Å². The van der Waals surface area contributed by atoms with Crippen LogP contribution in [0.1, 0.15) is 12.0 Å². The average Bonchev–Trinajstić information content (AvgIpc) is 2.84. The fourth-order valence-electron chi connectivity index (χ4n) is 4.10. The van der Waals surface area contributed by atoms with Crippen molar-refractivity contribution in [3.05, 3.63) is 34.5 Å². The third-order valence-electron chi connectivity index (χ3n) is 6.08. The molecule has 1 N–H and O–H groups in total. The Balaban J connectivity index is 1.17. The van der Waals surface area contributed by atoms with Gasteiger partial charge in [-0.2, -0.15) is 18.3 Å². The zero-order valence-electron chi connectivity index (χ0n) is 19.3. The maximum absolute atomic E-state index is 12.7. The zero-order valence-corrected chi connectivity index (χ0v) is 19.3. The molecule has 0 bridgehead atoms. The number of rotatable bonds is 7. The first-order valence-electron chi connectivity index (χ1n) is 11.3. The molecule has 35 heavy (non-hydrogen) atoms. The van der Waals surface area contributed by atoms with Gasteiger partial charge in [-0.3, -0.25) is 9.59 Å². The highest BCUT2D eigenvalue weighted by Gasteiger charge is 2.32. The van der Waals surface area contributed by atoms with Gasteiger partial charge in [-0.05, 0) is 0 Å². The number of nitrogens with one attached hydrogen (secondary N) is 1. The molecule has 4 rings (SSSR count). The zero-order chi connectivity index (χ0) is 25.0. The van der Waals surface area contributed by atoms with Crippen LogP contribution in [0.25, 0.3) is 0 Å². The van der Waals surface area contributed by atoms with Crippen molar-refractivity contribution in [2.45, 2.75) is 12.6 Å². The normalized spacial score (nSPS) is 16.5. The molecule has 1 saturated heterocycles. The van der Waals surface area contributed by atoms with Crippen LogP contribution in [0.2, 0.25) is 0 Å². The second-order valence-corrected chi connectivity index (χ2v) is 8.34. The van der Waals surface area contributed by atoms with Gasteiger partial charge in [-0.1, -0.05) is 0 Å². The molecular formula is C21H27F3N8O3. The number of aromatic nitrogens is 4. The number of hydrogen-bond acceptors (Lipinski definition) is 9. The van der Waals surface area contributed by atoms with Gasteiger partial charge in [-0.25, -0.2) is 15.1 Å². The number of hydrogen-bond donors (Lipinski definition) is 1. The predicted molar refractivity (Wildman–Crippen MR) is 122 cm³/mol. The summed E-state index contributed by atoms with van der Waals surface area (Å²) < 4.78 is 43.7. The molecule has 2 aliphatic heterocycles. The third kappa shape index (κ3) is 5.81. The van der Waals surface area contributed by atoms with E-state index in [0.717, 1.165) is 24.6 Å². The van der Waals surface area contributed by atoms with Crippen LogP contribution in [-0.4, -0.2) is 97.0 Å². The number of halogens is 3. The number of ether oxygens (including phenoxy) is 1. The van der Waals surface area contributed by atoms with E-state index < -0.39 is 11.7 Å². The second kappa shape index (κ2) is 10.5. The Labute approximate surface area is 199 Å². The first-order chi connectivity index (χ1) is 16.7. The molecule has 2 aromatic rings. The lowest BCUT2D eigenvalue weighted by Gasteiger charge is -2.35. The summed E-state index contributed by atoms with van der Waals surface area (Å²) in [5.41, 5.74) is 0.225.